The number of piperidine rings is 1. The molecule has 0 unspecified atom stereocenters. The number of hydrogen-bond donors (Lipinski definition) is 0. The number of amides is 1. The maximum atomic E-state index is 12.4. The highest BCUT2D eigenvalue weighted by atomic mass is 16.5. The summed E-state index contributed by atoms with van der Waals surface area (Å²) in [6.45, 7) is 8.92. The van der Waals surface area contributed by atoms with Crippen LogP contribution >= 0.6 is 0 Å². The minimum atomic E-state index is 0.299. The lowest BCUT2D eigenvalue weighted by Crippen LogP contribution is -2.49. The van der Waals surface area contributed by atoms with Crippen LogP contribution in [0.25, 0.3) is 16.6 Å². The number of ether oxygens (including phenoxy) is 1. The maximum Gasteiger partial charge on any atom is 0.225 e. The van der Waals surface area contributed by atoms with E-state index in [2.05, 4.69) is 64.4 Å². The average molecular weight is 474 g/mol. The van der Waals surface area contributed by atoms with Gasteiger partial charge in [0.25, 0.3) is 0 Å². The fraction of sp³-hybridized carbons (Fsp3) is 0.500. The third kappa shape index (κ3) is 4.74. The van der Waals surface area contributed by atoms with Gasteiger partial charge in [-0.05, 0) is 62.1 Å². The van der Waals surface area contributed by atoms with Gasteiger partial charge in [0.2, 0.25) is 5.91 Å². The fourth-order valence-corrected chi connectivity index (χ4v) is 5.44. The Morgan fingerprint density at radius 1 is 0.943 bits per heavy atom. The van der Waals surface area contributed by atoms with Crippen LogP contribution in [0.3, 0.4) is 0 Å². The van der Waals surface area contributed by atoms with Gasteiger partial charge in [-0.25, -0.2) is 4.52 Å². The van der Waals surface area contributed by atoms with Crippen molar-refractivity contribution in [2.24, 2.45) is 5.92 Å². The van der Waals surface area contributed by atoms with E-state index < -0.39 is 0 Å². The summed E-state index contributed by atoms with van der Waals surface area (Å²) in [4.78, 5) is 19.3. The zero-order valence-corrected chi connectivity index (χ0v) is 20.6. The Morgan fingerprint density at radius 2 is 1.69 bits per heavy atom. The summed E-state index contributed by atoms with van der Waals surface area (Å²) >= 11 is 0. The van der Waals surface area contributed by atoms with E-state index in [4.69, 9.17) is 4.74 Å². The fourth-order valence-electron chi connectivity index (χ4n) is 5.44. The maximum absolute atomic E-state index is 12.4. The molecule has 7 heteroatoms. The van der Waals surface area contributed by atoms with E-state index in [-0.39, 0.29) is 0 Å². The van der Waals surface area contributed by atoms with Crippen molar-refractivity contribution in [2.75, 3.05) is 50.7 Å². The molecule has 2 aliphatic heterocycles. The first kappa shape index (κ1) is 22.4. The molecule has 0 N–H and O–H groups in total. The zero-order valence-electron chi connectivity index (χ0n) is 20.6. The van der Waals surface area contributed by atoms with Gasteiger partial charge in [-0.1, -0.05) is 19.1 Å². The number of aromatic nitrogens is 2. The molecule has 3 aromatic rings. The number of carbonyl (C=O) groups is 1. The average Bonchev–Trinajstić information content (AvgIpc) is 3.67. The molecule has 7 nitrogen and oxygen atoms in total. The smallest absolute Gasteiger partial charge is 0.225 e. The number of nitrogens with zero attached hydrogens (tertiary/aromatic N) is 5. The molecule has 6 rings (SSSR count). The first-order chi connectivity index (χ1) is 17.2. The molecular weight excluding hydrogens is 438 g/mol. The Morgan fingerprint density at radius 3 is 2.37 bits per heavy atom. The summed E-state index contributed by atoms with van der Waals surface area (Å²) in [6, 6.07) is 12.8. The summed E-state index contributed by atoms with van der Waals surface area (Å²) in [5.74, 6) is 1.60. The molecule has 2 aromatic heterocycles. The van der Waals surface area contributed by atoms with Crippen molar-refractivity contribution in [3.63, 3.8) is 0 Å². The lowest BCUT2D eigenvalue weighted by atomic mass is 10.1. The van der Waals surface area contributed by atoms with Crippen molar-refractivity contribution in [2.45, 2.75) is 38.7 Å². The monoisotopic (exact) mass is 473 g/mol. The number of hydrogen-bond acceptors (Lipinski definition) is 5. The molecular formula is C28H35N5O2. The van der Waals surface area contributed by atoms with Crippen molar-refractivity contribution in [3.05, 3.63) is 48.8 Å². The topological polar surface area (TPSA) is 53.3 Å². The molecule has 0 radical (unpaired) electrons. The van der Waals surface area contributed by atoms with Crippen molar-refractivity contribution in [1.29, 1.82) is 0 Å². The summed E-state index contributed by atoms with van der Waals surface area (Å²) in [5.41, 5.74) is 4.60. The molecule has 0 bridgehead atoms. The second kappa shape index (κ2) is 9.53. The van der Waals surface area contributed by atoms with Crippen LogP contribution in [0.15, 0.2) is 48.8 Å². The summed E-state index contributed by atoms with van der Waals surface area (Å²) in [6.07, 6.45) is 8.62. The largest absolute Gasteiger partial charge is 0.490 e. The second-order valence-corrected chi connectivity index (χ2v) is 10.1. The Balaban J connectivity index is 1.14. The molecule has 3 fully saturated rings. The van der Waals surface area contributed by atoms with E-state index in [0.717, 1.165) is 93.9 Å². The third-order valence-corrected chi connectivity index (χ3v) is 7.82. The van der Waals surface area contributed by atoms with Gasteiger partial charge in [-0.3, -0.25) is 4.79 Å². The molecule has 1 saturated carbocycles. The molecule has 1 aromatic carbocycles. The lowest BCUT2D eigenvalue weighted by Gasteiger charge is -2.36. The number of fused-ring (bicyclic) bond motifs is 1. The van der Waals surface area contributed by atoms with E-state index in [0.29, 0.717) is 17.9 Å². The molecule has 4 heterocycles. The number of benzene rings is 1. The highest BCUT2D eigenvalue weighted by Gasteiger charge is 2.34. The van der Waals surface area contributed by atoms with Gasteiger partial charge in [0.05, 0.1) is 11.2 Å². The van der Waals surface area contributed by atoms with Gasteiger partial charge in [0, 0.05) is 63.1 Å². The first-order valence-electron chi connectivity index (χ1n) is 13.2. The highest BCUT2D eigenvalue weighted by molar-refractivity contribution is 5.82. The van der Waals surface area contributed by atoms with E-state index in [1.54, 1.807) is 0 Å². The van der Waals surface area contributed by atoms with E-state index in [9.17, 15) is 4.79 Å². The molecule has 3 aliphatic rings. The number of carbonyl (C=O) groups excluding carboxylic acids is 1. The SMILES string of the molecule is CCN1CCC(Oc2ccc(-c3cc4c(N5CCN(C(=O)C6CC6)CC5)ccnn4c3)cc2)CC1. The molecule has 184 valence electrons. The van der Waals surface area contributed by atoms with Gasteiger partial charge in [0.1, 0.15) is 11.9 Å². The summed E-state index contributed by atoms with van der Waals surface area (Å²) in [5, 5.41) is 4.56. The van der Waals surface area contributed by atoms with Crippen molar-refractivity contribution in [3.8, 4) is 16.9 Å². The molecule has 35 heavy (non-hydrogen) atoms. The van der Waals surface area contributed by atoms with Gasteiger partial charge in [-0.2, -0.15) is 5.10 Å². The molecule has 0 spiro atoms. The van der Waals surface area contributed by atoms with E-state index >= 15 is 0 Å². The van der Waals surface area contributed by atoms with Crippen LogP contribution in [0, 0.1) is 5.92 Å². The van der Waals surface area contributed by atoms with Gasteiger partial charge in [0.15, 0.2) is 0 Å². The van der Waals surface area contributed by atoms with Crippen molar-refractivity contribution in [1.82, 2.24) is 19.4 Å². The molecule has 2 saturated heterocycles. The van der Waals surface area contributed by atoms with Crippen LogP contribution in [0.1, 0.15) is 32.6 Å². The minimum absolute atomic E-state index is 0.299. The number of likely N-dealkylation sites (tertiary alicyclic amines) is 1. The quantitative estimate of drug-likeness (QED) is 0.543. The van der Waals surface area contributed by atoms with Crippen molar-refractivity contribution < 1.29 is 9.53 Å². The minimum Gasteiger partial charge on any atom is -0.490 e. The summed E-state index contributed by atoms with van der Waals surface area (Å²) < 4.78 is 8.23. The van der Waals surface area contributed by atoms with Crippen LogP contribution in [0.2, 0.25) is 0 Å². The predicted octanol–water partition coefficient (Wildman–Crippen LogP) is 3.92. The molecule has 0 atom stereocenters. The van der Waals surface area contributed by atoms with E-state index in [1.165, 1.54) is 5.69 Å². The van der Waals surface area contributed by atoms with Crippen molar-refractivity contribution >= 4 is 17.1 Å². The second-order valence-electron chi connectivity index (χ2n) is 10.1. The van der Waals surface area contributed by atoms with Crippen LogP contribution in [0.4, 0.5) is 5.69 Å². The van der Waals surface area contributed by atoms with Gasteiger partial charge in [-0.15, -0.1) is 0 Å². The predicted molar refractivity (Wildman–Crippen MR) is 138 cm³/mol. The van der Waals surface area contributed by atoms with E-state index in [1.807, 2.05) is 15.6 Å². The van der Waals surface area contributed by atoms with Gasteiger partial charge < -0.3 is 19.4 Å². The standard InChI is InChI=1S/C28H35N5O2/c1-2-30-13-10-25(11-14-30)35-24-7-5-21(6-8-24)23-19-27-26(9-12-29-33(27)20-23)31-15-17-32(18-16-31)28(34)22-3-4-22/h5-9,12,19-20,22,25H,2-4,10-11,13-18H2,1H3. The Bertz CT molecular complexity index is 1170. The van der Waals surface area contributed by atoms with Gasteiger partial charge >= 0.3 is 0 Å². The number of rotatable bonds is 6. The van der Waals surface area contributed by atoms with Crippen LogP contribution in [0.5, 0.6) is 5.75 Å². The third-order valence-electron chi connectivity index (χ3n) is 7.82. The molecule has 1 amide bonds. The highest BCUT2D eigenvalue weighted by Crippen LogP contribution is 2.33. The lowest BCUT2D eigenvalue weighted by molar-refractivity contribution is -0.132. The van der Waals surface area contributed by atoms with Crippen LogP contribution < -0.4 is 9.64 Å². The Labute approximate surface area is 207 Å². The van der Waals surface area contributed by atoms with Crippen LogP contribution in [-0.2, 0) is 4.79 Å². The first-order valence-corrected chi connectivity index (χ1v) is 13.2. The number of anilines is 1. The zero-order chi connectivity index (χ0) is 23.8. The van der Waals surface area contributed by atoms with Crippen LogP contribution in [-0.4, -0.2) is 77.2 Å². The summed E-state index contributed by atoms with van der Waals surface area (Å²) in [7, 11) is 0. The Hall–Kier alpha value is -3.06. The molecule has 1 aliphatic carbocycles. The normalized spacial score (nSPS) is 19.9. The Kier molecular flexibility index (Phi) is 6.10. The number of piperazine rings is 1.